The van der Waals surface area contributed by atoms with Gasteiger partial charge in [-0.1, -0.05) is 96.5 Å². The third-order valence-electron chi connectivity index (χ3n) is 8.68. The molecule has 6 rings (SSSR count). The van der Waals surface area contributed by atoms with Gasteiger partial charge in [0.2, 0.25) is 0 Å². The van der Waals surface area contributed by atoms with Crippen molar-refractivity contribution in [2.24, 2.45) is 5.92 Å². The summed E-state index contributed by atoms with van der Waals surface area (Å²) >= 11 is 6.74. The van der Waals surface area contributed by atoms with Gasteiger partial charge >= 0.3 is 0 Å². The van der Waals surface area contributed by atoms with Crippen molar-refractivity contribution in [1.29, 1.82) is 0 Å². The Labute approximate surface area is 259 Å². The number of halogens is 1. The molecule has 0 radical (unpaired) electrons. The Bertz CT molecular complexity index is 1480. The van der Waals surface area contributed by atoms with Crippen LogP contribution in [0, 0.1) is 5.92 Å². The first-order chi connectivity index (χ1) is 21.0. The van der Waals surface area contributed by atoms with Crippen LogP contribution < -0.4 is 4.74 Å². The molecular formula is C37H39ClO5. The van der Waals surface area contributed by atoms with Crippen LogP contribution in [0.2, 0.25) is 5.02 Å². The van der Waals surface area contributed by atoms with Crippen molar-refractivity contribution in [2.45, 2.75) is 69.9 Å². The van der Waals surface area contributed by atoms with Crippen molar-refractivity contribution < 1.29 is 24.1 Å². The molecule has 0 spiro atoms. The average molecular weight is 599 g/mol. The lowest BCUT2D eigenvalue weighted by Crippen LogP contribution is -2.50. The Morgan fingerprint density at radius 2 is 1.47 bits per heavy atom. The quantitative estimate of drug-likeness (QED) is 0.181. The lowest BCUT2D eigenvalue weighted by atomic mass is 9.90. The van der Waals surface area contributed by atoms with Crippen LogP contribution in [0.4, 0.5) is 0 Å². The lowest BCUT2D eigenvalue weighted by molar-refractivity contribution is -0.231. The molecule has 0 aromatic heterocycles. The highest BCUT2D eigenvalue weighted by Gasteiger charge is 2.69. The first kappa shape index (κ1) is 29.9. The van der Waals surface area contributed by atoms with E-state index in [1.54, 1.807) is 0 Å². The third-order valence-corrected chi connectivity index (χ3v) is 9.05. The van der Waals surface area contributed by atoms with Gasteiger partial charge in [-0.2, -0.15) is 0 Å². The number of aliphatic hydroxyl groups is 1. The van der Waals surface area contributed by atoms with E-state index in [1.165, 1.54) is 0 Å². The third kappa shape index (κ3) is 6.67. The lowest BCUT2D eigenvalue weighted by Gasteiger charge is -2.42. The Hall–Kier alpha value is -3.19. The van der Waals surface area contributed by atoms with Crippen LogP contribution in [0.5, 0.6) is 5.75 Å². The summed E-state index contributed by atoms with van der Waals surface area (Å²) < 4.78 is 25.8. The molecule has 1 heterocycles. The average Bonchev–Trinajstić information content (AvgIpc) is 3.78. The van der Waals surface area contributed by atoms with E-state index in [4.69, 9.17) is 30.5 Å². The van der Waals surface area contributed by atoms with Gasteiger partial charge in [-0.05, 0) is 72.7 Å². The molecular weight excluding hydrogens is 560 g/mol. The van der Waals surface area contributed by atoms with Crippen LogP contribution in [0.3, 0.4) is 0 Å². The predicted molar refractivity (Wildman–Crippen MR) is 168 cm³/mol. The van der Waals surface area contributed by atoms with Crippen molar-refractivity contribution in [3.8, 4) is 5.75 Å². The summed E-state index contributed by atoms with van der Waals surface area (Å²) in [5.74, 6) is 0.882. The molecule has 0 bridgehead atoms. The van der Waals surface area contributed by atoms with Gasteiger partial charge in [-0.3, -0.25) is 0 Å². The maximum Gasteiger partial charge on any atom is 0.119 e. The largest absolute Gasteiger partial charge is 0.494 e. The Morgan fingerprint density at radius 3 is 2.07 bits per heavy atom. The van der Waals surface area contributed by atoms with Crippen LogP contribution in [0.1, 0.15) is 54.2 Å². The van der Waals surface area contributed by atoms with E-state index in [9.17, 15) is 5.11 Å². The summed E-state index contributed by atoms with van der Waals surface area (Å²) in [5, 5.41) is 11.6. The molecule has 5 nitrogen and oxygen atoms in total. The Kier molecular flexibility index (Phi) is 9.17. The minimum Gasteiger partial charge on any atom is -0.494 e. The minimum atomic E-state index is -0.673. The molecule has 1 aliphatic heterocycles. The fraction of sp³-hybridized carbons (Fsp3) is 0.351. The van der Waals surface area contributed by atoms with Crippen LogP contribution in [0.25, 0.3) is 0 Å². The molecule has 43 heavy (non-hydrogen) atoms. The zero-order chi connectivity index (χ0) is 29.8. The minimum absolute atomic E-state index is 0.0314. The number of ether oxygens (including phenoxy) is 4. The van der Waals surface area contributed by atoms with Crippen molar-refractivity contribution in [1.82, 2.24) is 0 Å². The number of fused-ring (bicyclic) bond motifs is 1. The molecule has 1 saturated heterocycles. The van der Waals surface area contributed by atoms with Gasteiger partial charge in [0, 0.05) is 10.9 Å². The van der Waals surface area contributed by atoms with E-state index < -0.39 is 17.8 Å². The van der Waals surface area contributed by atoms with Crippen molar-refractivity contribution >= 4 is 11.6 Å². The second-order valence-electron chi connectivity index (χ2n) is 11.6. The van der Waals surface area contributed by atoms with E-state index in [0.717, 1.165) is 40.0 Å². The zero-order valence-corrected chi connectivity index (χ0v) is 25.5. The zero-order valence-electron chi connectivity index (χ0n) is 24.7. The molecule has 4 aromatic rings. The molecule has 2 aliphatic rings. The SMILES string of the molecule is CCOc1ccc(Cc2cc(C3OC4(C(C)O)CC4C(OCc4ccccc4)C3OCc3ccccc3)ccc2Cl)cc1. The molecule has 6 heteroatoms. The van der Waals surface area contributed by atoms with Gasteiger partial charge in [0.1, 0.15) is 23.6 Å². The Morgan fingerprint density at radius 1 is 0.837 bits per heavy atom. The first-order valence-corrected chi connectivity index (χ1v) is 15.5. The first-order valence-electron chi connectivity index (χ1n) is 15.1. The number of aliphatic hydroxyl groups excluding tert-OH is 1. The highest BCUT2D eigenvalue weighted by atomic mass is 35.5. The number of hydrogen-bond acceptors (Lipinski definition) is 5. The number of benzene rings is 4. The maximum atomic E-state index is 10.9. The summed E-state index contributed by atoms with van der Waals surface area (Å²) in [5.41, 5.74) is 4.60. The van der Waals surface area contributed by atoms with Crippen molar-refractivity contribution in [3.63, 3.8) is 0 Å². The molecule has 0 amide bonds. The summed E-state index contributed by atoms with van der Waals surface area (Å²) in [6.45, 7) is 5.31. The monoisotopic (exact) mass is 598 g/mol. The fourth-order valence-electron chi connectivity index (χ4n) is 6.28. The Balaban J connectivity index is 1.32. The van der Waals surface area contributed by atoms with Crippen LogP contribution in [0.15, 0.2) is 103 Å². The molecule has 1 aliphatic carbocycles. The number of rotatable bonds is 12. The van der Waals surface area contributed by atoms with E-state index in [0.29, 0.717) is 31.3 Å². The van der Waals surface area contributed by atoms with Gasteiger partial charge in [0.15, 0.2) is 0 Å². The van der Waals surface area contributed by atoms with E-state index in [-0.39, 0.29) is 18.1 Å². The predicted octanol–water partition coefficient (Wildman–Crippen LogP) is 7.71. The van der Waals surface area contributed by atoms with Gasteiger partial charge in [0.05, 0.1) is 32.0 Å². The van der Waals surface area contributed by atoms with Gasteiger partial charge in [0.25, 0.3) is 0 Å². The summed E-state index contributed by atoms with van der Waals surface area (Å²) in [7, 11) is 0. The standard InChI is InChI=1S/C37H39ClO5/c1-3-40-31-17-14-26(15-18-31)20-30-21-29(16-19-33(30)38)34-36(42-24-28-12-8-5-9-13-28)35(32-22-37(32,43-34)25(2)39)41-23-27-10-6-4-7-11-27/h4-19,21,25,32,34-36,39H,3,20,22-24H2,1-2H3. The van der Waals surface area contributed by atoms with Crippen LogP contribution in [-0.2, 0) is 33.8 Å². The summed E-state index contributed by atoms with van der Waals surface area (Å²) in [6.07, 6.45) is -0.356. The molecule has 2 fully saturated rings. The highest BCUT2D eigenvalue weighted by molar-refractivity contribution is 6.31. The topological polar surface area (TPSA) is 57.2 Å². The second kappa shape index (κ2) is 13.2. The smallest absolute Gasteiger partial charge is 0.119 e. The van der Waals surface area contributed by atoms with Crippen molar-refractivity contribution in [3.05, 3.63) is 136 Å². The van der Waals surface area contributed by atoms with Crippen LogP contribution >= 0.6 is 11.6 Å². The van der Waals surface area contributed by atoms with Gasteiger partial charge < -0.3 is 24.1 Å². The highest BCUT2D eigenvalue weighted by Crippen LogP contribution is 2.60. The second-order valence-corrected chi connectivity index (χ2v) is 12.0. The fourth-order valence-corrected chi connectivity index (χ4v) is 6.46. The molecule has 1 N–H and O–H groups in total. The summed E-state index contributed by atoms with van der Waals surface area (Å²) in [6, 6.07) is 34.5. The number of hydrogen-bond donors (Lipinski definition) is 1. The molecule has 1 saturated carbocycles. The molecule has 224 valence electrons. The van der Waals surface area contributed by atoms with E-state index in [1.807, 2.05) is 74.5 Å². The summed E-state index contributed by atoms with van der Waals surface area (Å²) in [4.78, 5) is 0. The van der Waals surface area contributed by atoms with Gasteiger partial charge in [-0.25, -0.2) is 0 Å². The molecule has 4 aromatic carbocycles. The van der Waals surface area contributed by atoms with Crippen LogP contribution in [-0.4, -0.2) is 35.6 Å². The normalized spacial score (nSPS) is 25.1. The van der Waals surface area contributed by atoms with Gasteiger partial charge in [-0.15, -0.1) is 0 Å². The van der Waals surface area contributed by atoms with E-state index >= 15 is 0 Å². The van der Waals surface area contributed by atoms with E-state index in [2.05, 4.69) is 42.5 Å². The molecule has 6 unspecified atom stereocenters. The maximum absolute atomic E-state index is 10.9. The molecule has 6 atom stereocenters. The van der Waals surface area contributed by atoms with Crippen molar-refractivity contribution in [2.75, 3.05) is 6.61 Å².